The van der Waals surface area contributed by atoms with Gasteiger partial charge in [0.05, 0.1) is 6.61 Å². The summed E-state index contributed by atoms with van der Waals surface area (Å²) in [7, 11) is 0. The van der Waals surface area contributed by atoms with Crippen molar-refractivity contribution in [2.45, 2.75) is 33.6 Å². The Bertz CT molecular complexity index is 216. The highest BCUT2D eigenvalue weighted by atomic mass is 16.5. The summed E-state index contributed by atoms with van der Waals surface area (Å²) in [5, 5.41) is 0. The minimum atomic E-state index is -0.111. The molecule has 1 atom stereocenters. The van der Waals surface area contributed by atoms with Crippen LogP contribution in [0.3, 0.4) is 0 Å². The van der Waals surface area contributed by atoms with Gasteiger partial charge in [-0.05, 0) is 32.6 Å². The van der Waals surface area contributed by atoms with Gasteiger partial charge < -0.3 is 4.74 Å². The van der Waals surface area contributed by atoms with E-state index < -0.39 is 0 Å². The van der Waals surface area contributed by atoms with Crippen molar-refractivity contribution in [2.24, 2.45) is 5.92 Å². The smallest absolute Gasteiger partial charge is 0.334 e. The zero-order valence-electron chi connectivity index (χ0n) is 8.02. The molecule has 12 heavy (non-hydrogen) atoms. The van der Waals surface area contributed by atoms with Crippen LogP contribution in [0.4, 0.5) is 0 Å². The molecule has 0 aromatic rings. The van der Waals surface area contributed by atoms with E-state index in [4.69, 9.17) is 4.74 Å². The molecule has 2 heteroatoms. The summed E-state index contributed by atoms with van der Waals surface area (Å²) in [5.74, 6) is 0.282. The molecule has 0 bridgehead atoms. The number of esters is 1. The summed E-state index contributed by atoms with van der Waals surface area (Å²) < 4.78 is 4.97. The standard InChI is InChI=1S/C10H16O2/c1-4-12-10(11)9-7(2)5-6-8(9)3/h7H,4-6H2,1-3H3/t7-/m1/s1. The van der Waals surface area contributed by atoms with Crippen LogP contribution in [0.2, 0.25) is 0 Å². The van der Waals surface area contributed by atoms with E-state index in [-0.39, 0.29) is 5.97 Å². The fourth-order valence-corrected chi connectivity index (χ4v) is 1.72. The lowest BCUT2D eigenvalue weighted by Crippen LogP contribution is -2.11. The average Bonchev–Trinajstić information content (AvgIpc) is 2.32. The van der Waals surface area contributed by atoms with Crippen LogP contribution in [0.5, 0.6) is 0 Å². The fourth-order valence-electron chi connectivity index (χ4n) is 1.72. The van der Waals surface area contributed by atoms with Crippen LogP contribution in [0.15, 0.2) is 11.1 Å². The Labute approximate surface area is 73.6 Å². The van der Waals surface area contributed by atoms with Gasteiger partial charge in [-0.2, -0.15) is 0 Å². The number of hydrogen-bond acceptors (Lipinski definition) is 2. The molecule has 0 unspecified atom stereocenters. The molecular weight excluding hydrogens is 152 g/mol. The van der Waals surface area contributed by atoms with Crippen molar-refractivity contribution in [2.75, 3.05) is 6.61 Å². The van der Waals surface area contributed by atoms with Crippen LogP contribution < -0.4 is 0 Å². The molecule has 0 heterocycles. The second-order valence-corrected chi connectivity index (χ2v) is 3.35. The van der Waals surface area contributed by atoms with E-state index in [1.165, 1.54) is 5.57 Å². The fraction of sp³-hybridized carbons (Fsp3) is 0.700. The molecule has 0 aromatic heterocycles. The first-order valence-electron chi connectivity index (χ1n) is 4.53. The van der Waals surface area contributed by atoms with Gasteiger partial charge in [0.25, 0.3) is 0 Å². The summed E-state index contributed by atoms with van der Waals surface area (Å²) in [6.07, 6.45) is 2.15. The molecule has 0 radical (unpaired) electrons. The molecule has 0 N–H and O–H groups in total. The van der Waals surface area contributed by atoms with Crippen LogP contribution in [-0.2, 0) is 9.53 Å². The number of carbonyl (C=O) groups is 1. The summed E-state index contributed by atoms with van der Waals surface area (Å²) >= 11 is 0. The zero-order chi connectivity index (χ0) is 9.14. The topological polar surface area (TPSA) is 26.3 Å². The van der Waals surface area contributed by atoms with Gasteiger partial charge in [-0.1, -0.05) is 12.5 Å². The minimum absolute atomic E-state index is 0.111. The number of rotatable bonds is 2. The Morgan fingerprint density at radius 3 is 2.75 bits per heavy atom. The Kier molecular flexibility index (Phi) is 2.90. The van der Waals surface area contributed by atoms with E-state index in [0.29, 0.717) is 12.5 Å². The minimum Gasteiger partial charge on any atom is -0.463 e. The lowest BCUT2D eigenvalue weighted by molar-refractivity contribution is -0.139. The molecule has 1 aliphatic rings. The molecule has 0 amide bonds. The van der Waals surface area contributed by atoms with Gasteiger partial charge in [0.15, 0.2) is 0 Å². The molecule has 1 rings (SSSR count). The lowest BCUT2D eigenvalue weighted by atomic mass is 10.0. The van der Waals surface area contributed by atoms with E-state index in [0.717, 1.165) is 18.4 Å². The maximum absolute atomic E-state index is 11.4. The predicted molar refractivity (Wildman–Crippen MR) is 47.7 cm³/mol. The normalized spacial score (nSPS) is 23.1. The monoisotopic (exact) mass is 168 g/mol. The molecule has 2 nitrogen and oxygen atoms in total. The third-order valence-corrected chi connectivity index (χ3v) is 2.40. The Balaban J connectivity index is 2.72. The van der Waals surface area contributed by atoms with E-state index in [2.05, 4.69) is 6.92 Å². The zero-order valence-corrected chi connectivity index (χ0v) is 8.02. The average molecular weight is 168 g/mol. The molecule has 0 aromatic carbocycles. The first kappa shape index (κ1) is 9.30. The molecular formula is C10H16O2. The van der Waals surface area contributed by atoms with Crippen molar-refractivity contribution < 1.29 is 9.53 Å². The molecule has 0 spiro atoms. The molecule has 0 saturated heterocycles. The summed E-state index contributed by atoms with van der Waals surface area (Å²) in [6.45, 7) is 6.42. The highest BCUT2D eigenvalue weighted by molar-refractivity contribution is 5.90. The van der Waals surface area contributed by atoms with Gasteiger partial charge in [-0.15, -0.1) is 0 Å². The molecule has 68 valence electrons. The first-order valence-corrected chi connectivity index (χ1v) is 4.53. The summed E-state index contributed by atoms with van der Waals surface area (Å²) in [5.41, 5.74) is 2.12. The quantitative estimate of drug-likeness (QED) is 0.591. The predicted octanol–water partition coefficient (Wildman–Crippen LogP) is 2.30. The lowest BCUT2D eigenvalue weighted by Gasteiger charge is -2.08. The highest BCUT2D eigenvalue weighted by Gasteiger charge is 2.25. The number of carbonyl (C=O) groups excluding carboxylic acids is 1. The van der Waals surface area contributed by atoms with Crippen molar-refractivity contribution in [1.82, 2.24) is 0 Å². The Morgan fingerprint density at radius 1 is 1.67 bits per heavy atom. The van der Waals surface area contributed by atoms with E-state index >= 15 is 0 Å². The van der Waals surface area contributed by atoms with Crippen molar-refractivity contribution in [1.29, 1.82) is 0 Å². The van der Waals surface area contributed by atoms with Gasteiger partial charge >= 0.3 is 5.97 Å². The number of ether oxygens (including phenoxy) is 1. The second kappa shape index (κ2) is 3.74. The van der Waals surface area contributed by atoms with Gasteiger partial charge in [-0.25, -0.2) is 4.79 Å². The number of hydrogen-bond donors (Lipinski definition) is 0. The van der Waals surface area contributed by atoms with Crippen LogP contribution >= 0.6 is 0 Å². The third-order valence-electron chi connectivity index (χ3n) is 2.40. The van der Waals surface area contributed by atoms with Crippen molar-refractivity contribution in [3.05, 3.63) is 11.1 Å². The summed E-state index contributed by atoms with van der Waals surface area (Å²) in [6, 6.07) is 0. The largest absolute Gasteiger partial charge is 0.463 e. The van der Waals surface area contributed by atoms with Gasteiger partial charge in [-0.3, -0.25) is 0 Å². The van der Waals surface area contributed by atoms with E-state index in [1.807, 2.05) is 13.8 Å². The van der Waals surface area contributed by atoms with Crippen LogP contribution in [-0.4, -0.2) is 12.6 Å². The van der Waals surface area contributed by atoms with Crippen molar-refractivity contribution in [3.8, 4) is 0 Å². The SMILES string of the molecule is CCOC(=O)C1=C(C)CC[C@H]1C. The van der Waals surface area contributed by atoms with Crippen LogP contribution in [0.25, 0.3) is 0 Å². The highest BCUT2D eigenvalue weighted by Crippen LogP contribution is 2.31. The second-order valence-electron chi connectivity index (χ2n) is 3.35. The van der Waals surface area contributed by atoms with Gasteiger partial charge in [0.2, 0.25) is 0 Å². The first-order chi connectivity index (χ1) is 5.66. The maximum Gasteiger partial charge on any atom is 0.334 e. The van der Waals surface area contributed by atoms with Gasteiger partial charge in [0, 0.05) is 5.57 Å². The van der Waals surface area contributed by atoms with E-state index in [9.17, 15) is 4.79 Å². The number of allylic oxidation sites excluding steroid dienone is 1. The molecule has 1 aliphatic carbocycles. The molecule has 0 aliphatic heterocycles. The third kappa shape index (κ3) is 1.68. The van der Waals surface area contributed by atoms with Crippen molar-refractivity contribution in [3.63, 3.8) is 0 Å². The summed E-state index contributed by atoms with van der Waals surface area (Å²) in [4.78, 5) is 11.4. The van der Waals surface area contributed by atoms with Crippen LogP contribution in [0, 0.1) is 5.92 Å². The Hall–Kier alpha value is -0.790. The Morgan fingerprint density at radius 2 is 2.33 bits per heavy atom. The van der Waals surface area contributed by atoms with Gasteiger partial charge in [0.1, 0.15) is 0 Å². The molecule has 0 fully saturated rings. The maximum atomic E-state index is 11.4. The van der Waals surface area contributed by atoms with E-state index in [1.54, 1.807) is 0 Å². The molecule has 0 saturated carbocycles. The van der Waals surface area contributed by atoms with Crippen molar-refractivity contribution >= 4 is 5.97 Å². The van der Waals surface area contributed by atoms with Crippen LogP contribution in [0.1, 0.15) is 33.6 Å².